The highest BCUT2D eigenvalue weighted by Gasteiger charge is 2.34. The van der Waals surface area contributed by atoms with Crippen LogP contribution in [0, 0.1) is 11.3 Å². The average Bonchev–Trinajstić information content (AvgIpc) is 3.19. The molecular formula is C14H27N3O. The van der Waals surface area contributed by atoms with Crippen LogP contribution < -0.4 is 5.32 Å². The largest absolute Gasteiger partial charge is 0.383 e. The van der Waals surface area contributed by atoms with E-state index in [-0.39, 0.29) is 5.54 Å². The van der Waals surface area contributed by atoms with Crippen LogP contribution in [0.2, 0.25) is 0 Å². The first-order valence-electron chi connectivity index (χ1n) is 7.02. The average molecular weight is 253 g/mol. The normalized spacial score (nSPS) is 18.6. The Bertz CT molecular complexity index is 273. The van der Waals surface area contributed by atoms with Crippen LogP contribution in [0.15, 0.2) is 0 Å². The first kappa shape index (κ1) is 15.4. The van der Waals surface area contributed by atoms with Crippen LogP contribution in [0.25, 0.3) is 0 Å². The van der Waals surface area contributed by atoms with Crippen molar-refractivity contribution >= 4 is 0 Å². The number of nitrogens with one attached hydrogen (secondary N) is 1. The van der Waals surface area contributed by atoms with Gasteiger partial charge < -0.3 is 9.64 Å². The fraction of sp³-hybridized carbons (Fsp3) is 0.929. The Balaban J connectivity index is 2.26. The number of methoxy groups -OCH3 is 1. The van der Waals surface area contributed by atoms with Gasteiger partial charge in [-0.1, -0.05) is 6.92 Å². The van der Waals surface area contributed by atoms with Gasteiger partial charge in [-0.15, -0.1) is 0 Å². The van der Waals surface area contributed by atoms with Crippen molar-refractivity contribution in [1.82, 2.24) is 10.2 Å². The lowest BCUT2D eigenvalue weighted by molar-refractivity contribution is 0.159. The van der Waals surface area contributed by atoms with E-state index in [0.717, 1.165) is 39.0 Å². The van der Waals surface area contributed by atoms with Gasteiger partial charge in [-0.2, -0.15) is 5.26 Å². The number of hydrogen-bond donors (Lipinski definition) is 1. The lowest BCUT2D eigenvalue weighted by atomic mass is 9.91. The number of nitrogens with zero attached hydrogens (tertiary/aromatic N) is 2. The number of ether oxygens (including phenoxy) is 1. The summed E-state index contributed by atoms with van der Waals surface area (Å²) in [5.41, 5.74) is -0.302. The van der Waals surface area contributed by atoms with Crippen LogP contribution in [0.3, 0.4) is 0 Å². The minimum atomic E-state index is -0.302. The van der Waals surface area contributed by atoms with Gasteiger partial charge in [-0.05, 0) is 45.7 Å². The zero-order valence-corrected chi connectivity index (χ0v) is 12.0. The van der Waals surface area contributed by atoms with E-state index in [1.54, 1.807) is 7.11 Å². The van der Waals surface area contributed by atoms with Crippen molar-refractivity contribution < 1.29 is 4.74 Å². The third kappa shape index (κ3) is 5.34. The van der Waals surface area contributed by atoms with E-state index in [0.29, 0.717) is 6.04 Å². The molecule has 0 saturated heterocycles. The van der Waals surface area contributed by atoms with Crippen molar-refractivity contribution in [3.05, 3.63) is 0 Å². The Labute approximate surface area is 111 Å². The van der Waals surface area contributed by atoms with Crippen molar-refractivity contribution in [2.24, 2.45) is 0 Å². The Hall–Kier alpha value is -0.630. The number of hydrogen-bond acceptors (Lipinski definition) is 4. The SMILES string of the molecule is CCC(C#N)(CCCN(C)CCOC)NC1CC1. The zero-order chi connectivity index (χ0) is 13.4. The van der Waals surface area contributed by atoms with Crippen LogP contribution in [-0.2, 0) is 4.74 Å². The summed E-state index contributed by atoms with van der Waals surface area (Å²) in [5.74, 6) is 0. The molecule has 0 spiro atoms. The van der Waals surface area contributed by atoms with Crippen molar-refractivity contribution in [3.8, 4) is 6.07 Å². The summed E-state index contributed by atoms with van der Waals surface area (Å²) < 4.78 is 5.06. The molecule has 1 rings (SSSR count). The lowest BCUT2D eigenvalue weighted by Crippen LogP contribution is -2.45. The number of rotatable bonds is 10. The molecule has 1 unspecified atom stereocenters. The maximum absolute atomic E-state index is 9.41. The van der Waals surface area contributed by atoms with Crippen molar-refractivity contribution in [1.29, 1.82) is 5.26 Å². The molecule has 0 aromatic heterocycles. The molecule has 18 heavy (non-hydrogen) atoms. The van der Waals surface area contributed by atoms with Crippen LogP contribution in [-0.4, -0.2) is 50.3 Å². The first-order chi connectivity index (χ1) is 8.65. The van der Waals surface area contributed by atoms with Crippen molar-refractivity contribution in [2.75, 3.05) is 33.9 Å². The van der Waals surface area contributed by atoms with Crippen LogP contribution in [0.1, 0.15) is 39.0 Å². The molecule has 4 heteroatoms. The highest BCUT2D eigenvalue weighted by molar-refractivity contribution is 5.09. The van der Waals surface area contributed by atoms with E-state index < -0.39 is 0 Å². The Morgan fingerprint density at radius 2 is 2.17 bits per heavy atom. The molecule has 1 aliphatic carbocycles. The molecule has 1 aliphatic rings. The second-order valence-corrected chi connectivity index (χ2v) is 5.37. The Morgan fingerprint density at radius 3 is 2.67 bits per heavy atom. The van der Waals surface area contributed by atoms with E-state index in [2.05, 4.69) is 30.3 Å². The second kappa shape index (κ2) is 7.73. The number of nitriles is 1. The summed E-state index contributed by atoms with van der Waals surface area (Å²) in [6.45, 7) is 4.86. The lowest BCUT2D eigenvalue weighted by Gasteiger charge is -2.27. The summed E-state index contributed by atoms with van der Waals surface area (Å²) in [7, 11) is 3.83. The highest BCUT2D eigenvalue weighted by Crippen LogP contribution is 2.26. The van der Waals surface area contributed by atoms with Gasteiger partial charge in [0, 0.05) is 19.7 Å². The Kier molecular flexibility index (Phi) is 6.62. The van der Waals surface area contributed by atoms with Gasteiger partial charge >= 0.3 is 0 Å². The topological polar surface area (TPSA) is 48.3 Å². The zero-order valence-electron chi connectivity index (χ0n) is 12.0. The summed E-state index contributed by atoms with van der Waals surface area (Å²) in [4.78, 5) is 2.26. The second-order valence-electron chi connectivity index (χ2n) is 5.37. The molecule has 0 bridgehead atoms. The standard InChI is InChI=1S/C14H27N3O/c1-4-14(12-15,16-13-6-7-13)8-5-9-17(2)10-11-18-3/h13,16H,4-11H2,1-3H3. The van der Waals surface area contributed by atoms with E-state index in [1.165, 1.54) is 12.8 Å². The maximum atomic E-state index is 9.41. The van der Waals surface area contributed by atoms with Crippen LogP contribution in [0.4, 0.5) is 0 Å². The fourth-order valence-corrected chi connectivity index (χ4v) is 2.15. The third-order valence-electron chi connectivity index (χ3n) is 3.70. The summed E-state index contributed by atoms with van der Waals surface area (Å²) >= 11 is 0. The monoisotopic (exact) mass is 253 g/mol. The molecule has 0 heterocycles. The third-order valence-corrected chi connectivity index (χ3v) is 3.70. The molecule has 1 atom stereocenters. The van der Waals surface area contributed by atoms with Gasteiger partial charge in [0.25, 0.3) is 0 Å². The minimum absolute atomic E-state index is 0.302. The van der Waals surface area contributed by atoms with E-state index in [1.807, 2.05) is 0 Å². The van der Waals surface area contributed by atoms with E-state index in [4.69, 9.17) is 4.74 Å². The summed E-state index contributed by atoms with van der Waals surface area (Å²) in [5, 5.41) is 12.9. The minimum Gasteiger partial charge on any atom is -0.383 e. The number of likely N-dealkylation sites (N-methyl/N-ethyl adjacent to an activating group) is 1. The predicted molar refractivity (Wildman–Crippen MR) is 73.4 cm³/mol. The molecule has 104 valence electrons. The van der Waals surface area contributed by atoms with Gasteiger partial charge in [0.2, 0.25) is 0 Å². The van der Waals surface area contributed by atoms with Gasteiger partial charge in [0.05, 0.1) is 12.7 Å². The molecule has 0 aliphatic heterocycles. The van der Waals surface area contributed by atoms with Gasteiger partial charge in [-0.25, -0.2) is 0 Å². The van der Waals surface area contributed by atoms with E-state index in [9.17, 15) is 5.26 Å². The molecule has 0 aromatic rings. The molecule has 1 saturated carbocycles. The molecule has 0 aromatic carbocycles. The van der Waals surface area contributed by atoms with Crippen LogP contribution in [0.5, 0.6) is 0 Å². The van der Waals surface area contributed by atoms with E-state index >= 15 is 0 Å². The molecular weight excluding hydrogens is 226 g/mol. The molecule has 0 radical (unpaired) electrons. The molecule has 4 nitrogen and oxygen atoms in total. The van der Waals surface area contributed by atoms with Gasteiger partial charge in [-0.3, -0.25) is 5.32 Å². The first-order valence-corrected chi connectivity index (χ1v) is 7.02. The van der Waals surface area contributed by atoms with Gasteiger partial charge in [0.1, 0.15) is 5.54 Å². The fourth-order valence-electron chi connectivity index (χ4n) is 2.15. The molecule has 1 N–H and O–H groups in total. The smallest absolute Gasteiger partial charge is 0.106 e. The predicted octanol–water partition coefficient (Wildman–Crippen LogP) is 1.77. The Morgan fingerprint density at radius 1 is 1.44 bits per heavy atom. The maximum Gasteiger partial charge on any atom is 0.106 e. The van der Waals surface area contributed by atoms with Crippen molar-refractivity contribution in [2.45, 2.75) is 50.6 Å². The summed E-state index contributed by atoms with van der Waals surface area (Å²) in [6, 6.07) is 3.09. The highest BCUT2D eigenvalue weighted by atomic mass is 16.5. The van der Waals surface area contributed by atoms with Crippen LogP contribution >= 0.6 is 0 Å². The van der Waals surface area contributed by atoms with Gasteiger partial charge in [0.15, 0.2) is 0 Å². The summed E-state index contributed by atoms with van der Waals surface area (Å²) in [6.07, 6.45) is 5.35. The van der Waals surface area contributed by atoms with Crippen molar-refractivity contribution in [3.63, 3.8) is 0 Å². The molecule has 1 fully saturated rings. The molecule has 0 amide bonds. The quantitative estimate of drug-likeness (QED) is 0.644.